The van der Waals surface area contributed by atoms with Crippen molar-refractivity contribution in [3.05, 3.63) is 30.3 Å². The van der Waals surface area contributed by atoms with Gasteiger partial charge in [0.05, 0.1) is 5.69 Å². The Morgan fingerprint density at radius 2 is 2.20 bits per heavy atom. The van der Waals surface area contributed by atoms with Gasteiger partial charge in [-0.25, -0.2) is 0 Å². The van der Waals surface area contributed by atoms with Crippen LogP contribution in [0.25, 0.3) is 0 Å². The molecule has 2 rings (SSSR count). The first-order valence-electron chi connectivity index (χ1n) is 5.33. The molecule has 3 heteroatoms. The summed E-state index contributed by atoms with van der Waals surface area (Å²) in [5.41, 5.74) is 1.02. The van der Waals surface area contributed by atoms with Gasteiger partial charge in [-0.1, -0.05) is 25.1 Å². The predicted molar refractivity (Wildman–Crippen MR) is 58.6 cm³/mol. The van der Waals surface area contributed by atoms with E-state index in [0.29, 0.717) is 6.42 Å². The molecule has 0 radical (unpaired) electrons. The van der Waals surface area contributed by atoms with E-state index >= 15 is 0 Å². The molecule has 0 aromatic heterocycles. The van der Waals surface area contributed by atoms with Crippen LogP contribution >= 0.6 is 0 Å². The van der Waals surface area contributed by atoms with Crippen molar-refractivity contribution in [3.8, 4) is 0 Å². The second-order valence-electron chi connectivity index (χ2n) is 3.64. The van der Waals surface area contributed by atoms with E-state index in [9.17, 15) is 4.79 Å². The van der Waals surface area contributed by atoms with Gasteiger partial charge in [-0.3, -0.25) is 14.7 Å². The van der Waals surface area contributed by atoms with Crippen molar-refractivity contribution in [1.29, 1.82) is 0 Å². The zero-order valence-electron chi connectivity index (χ0n) is 8.85. The van der Waals surface area contributed by atoms with Crippen LogP contribution in [0, 0.1) is 0 Å². The van der Waals surface area contributed by atoms with Crippen molar-refractivity contribution in [1.82, 2.24) is 0 Å². The van der Waals surface area contributed by atoms with E-state index in [0.717, 1.165) is 18.7 Å². The summed E-state index contributed by atoms with van der Waals surface area (Å²) in [5.74, 6) is 0.188. The van der Waals surface area contributed by atoms with Crippen LogP contribution in [-0.2, 0) is 9.63 Å². The van der Waals surface area contributed by atoms with Gasteiger partial charge in [-0.05, 0) is 12.1 Å². The second kappa shape index (κ2) is 4.45. The van der Waals surface area contributed by atoms with Gasteiger partial charge in [-0.15, -0.1) is 0 Å². The lowest BCUT2D eigenvalue weighted by Gasteiger charge is -2.17. The zero-order valence-corrected chi connectivity index (χ0v) is 8.85. The first kappa shape index (κ1) is 10.2. The molecule has 1 fully saturated rings. The number of para-hydroxylation sites is 1. The minimum Gasteiger partial charge on any atom is -0.297 e. The summed E-state index contributed by atoms with van der Waals surface area (Å²) in [6.07, 6.45) is 1.10. The van der Waals surface area contributed by atoms with Crippen LogP contribution in [0.5, 0.6) is 0 Å². The molecular formula is C12H15NO2. The summed E-state index contributed by atoms with van der Waals surface area (Å²) in [6, 6.07) is 9.87. The second-order valence-corrected chi connectivity index (χ2v) is 3.64. The number of hydroxylamine groups is 1. The fourth-order valence-corrected chi connectivity index (χ4v) is 1.73. The lowest BCUT2D eigenvalue weighted by molar-refractivity contribution is -0.128. The van der Waals surface area contributed by atoms with Crippen LogP contribution in [0.15, 0.2) is 30.3 Å². The Labute approximate surface area is 89.6 Å². The zero-order chi connectivity index (χ0) is 10.7. The minimum absolute atomic E-state index is 0.188. The fraction of sp³-hybridized carbons (Fsp3) is 0.417. The number of carbonyl (C=O) groups is 1. The smallest absolute Gasteiger partial charge is 0.164 e. The molecule has 0 aliphatic carbocycles. The quantitative estimate of drug-likeness (QED) is 0.757. The monoisotopic (exact) mass is 205 g/mol. The van der Waals surface area contributed by atoms with Crippen LogP contribution in [0.3, 0.4) is 0 Å². The molecule has 1 heterocycles. The van der Waals surface area contributed by atoms with Crippen LogP contribution in [0.2, 0.25) is 0 Å². The van der Waals surface area contributed by atoms with Gasteiger partial charge in [-0.2, -0.15) is 0 Å². The van der Waals surface area contributed by atoms with Crippen molar-refractivity contribution < 1.29 is 9.63 Å². The highest BCUT2D eigenvalue weighted by Crippen LogP contribution is 2.22. The molecule has 1 atom stereocenters. The average molecular weight is 205 g/mol. The lowest BCUT2D eigenvalue weighted by Crippen LogP contribution is -2.23. The van der Waals surface area contributed by atoms with E-state index < -0.39 is 0 Å². The number of benzene rings is 1. The van der Waals surface area contributed by atoms with Crippen molar-refractivity contribution in [2.45, 2.75) is 25.9 Å². The third-order valence-electron chi connectivity index (χ3n) is 2.60. The Balaban J connectivity index is 2.02. The lowest BCUT2D eigenvalue weighted by atomic mass is 10.1. The third kappa shape index (κ3) is 2.18. The highest BCUT2D eigenvalue weighted by molar-refractivity contribution is 5.83. The van der Waals surface area contributed by atoms with Crippen molar-refractivity contribution in [2.24, 2.45) is 0 Å². The summed E-state index contributed by atoms with van der Waals surface area (Å²) in [6.45, 7) is 2.66. The molecule has 3 nitrogen and oxygen atoms in total. The summed E-state index contributed by atoms with van der Waals surface area (Å²) in [7, 11) is 0. The normalized spacial score (nSPS) is 20.6. The van der Waals surface area contributed by atoms with Gasteiger partial charge >= 0.3 is 0 Å². The molecule has 1 aliphatic heterocycles. The Morgan fingerprint density at radius 1 is 1.47 bits per heavy atom. The molecule has 1 unspecified atom stereocenters. The SMILES string of the molecule is CCC(=O)C1CCN(c2ccccc2)O1. The topological polar surface area (TPSA) is 29.5 Å². The fourth-order valence-electron chi connectivity index (χ4n) is 1.73. The number of carbonyl (C=O) groups excluding carboxylic acids is 1. The molecule has 80 valence electrons. The summed E-state index contributed by atoms with van der Waals surface area (Å²) in [5, 5.41) is 1.80. The van der Waals surface area contributed by atoms with Crippen molar-refractivity contribution in [2.75, 3.05) is 11.6 Å². The highest BCUT2D eigenvalue weighted by Gasteiger charge is 2.28. The maximum absolute atomic E-state index is 11.4. The Morgan fingerprint density at radius 3 is 2.87 bits per heavy atom. The Bertz CT molecular complexity index is 337. The number of anilines is 1. The van der Waals surface area contributed by atoms with Gasteiger partial charge < -0.3 is 0 Å². The number of Topliss-reactive ketones (excluding diaryl/α,β-unsaturated/α-hetero) is 1. The van der Waals surface area contributed by atoms with Crippen LogP contribution in [-0.4, -0.2) is 18.4 Å². The molecular weight excluding hydrogens is 190 g/mol. The number of nitrogens with zero attached hydrogens (tertiary/aromatic N) is 1. The summed E-state index contributed by atoms with van der Waals surface area (Å²) >= 11 is 0. The molecule has 1 aromatic carbocycles. The number of hydrogen-bond donors (Lipinski definition) is 0. The first-order chi connectivity index (χ1) is 7.31. The van der Waals surface area contributed by atoms with E-state index in [-0.39, 0.29) is 11.9 Å². The van der Waals surface area contributed by atoms with Crippen molar-refractivity contribution >= 4 is 11.5 Å². The third-order valence-corrected chi connectivity index (χ3v) is 2.60. The maximum Gasteiger partial charge on any atom is 0.164 e. The maximum atomic E-state index is 11.4. The van der Waals surface area contributed by atoms with E-state index in [1.807, 2.05) is 37.3 Å². The van der Waals surface area contributed by atoms with Gasteiger partial charge in [0.1, 0.15) is 6.10 Å². The average Bonchev–Trinajstić information content (AvgIpc) is 2.78. The molecule has 1 aliphatic rings. The van der Waals surface area contributed by atoms with E-state index in [1.165, 1.54) is 0 Å². The van der Waals surface area contributed by atoms with E-state index in [1.54, 1.807) is 5.06 Å². The van der Waals surface area contributed by atoms with Crippen LogP contribution < -0.4 is 5.06 Å². The number of hydrogen-bond acceptors (Lipinski definition) is 3. The Kier molecular flexibility index (Phi) is 3.02. The predicted octanol–water partition coefficient (Wildman–Crippen LogP) is 2.18. The standard InChI is InChI=1S/C12H15NO2/c1-2-11(14)12-8-9-13(15-12)10-6-4-3-5-7-10/h3-7,12H,2,8-9H2,1H3. The minimum atomic E-state index is -0.241. The van der Waals surface area contributed by atoms with Crippen molar-refractivity contribution in [3.63, 3.8) is 0 Å². The van der Waals surface area contributed by atoms with Crippen LogP contribution in [0.4, 0.5) is 5.69 Å². The number of ketones is 1. The number of rotatable bonds is 3. The molecule has 15 heavy (non-hydrogen) atoms. The van der Waals surface area contributed by atoms with E-state index in [4.69, 9.17) is 4.84 Å². The molecule has 1 aromatic rings. The van der Waals surface area contributed by atoms with E-state index in [2.05, 4.69) is 0 Å². The molecule has 0 N–H and O–H groups in total. The molecule has 0 bridgehead atoms. The van der Waals surface area contributed by atoms with Gasteiger partial charge in [0, 0.05) is 19.4 Å². The highest BCUT2D eigenvalue weighted by atomic mass is 16.7. The Hall–Kier alpha value is -1.35. The summed E-state index contributed by atoms with van der Waals surface area (Å²) < 4.78 is 0. The summed E-state index contributed by atoms with van der Waals surface area (Å²) in [4.78, 5) is 17.0. The largest absolute Gasteiger partial charge is 0.297 e. The van der Waals surface area contributed by atoms with Gasteiger partial charge in [0.25, 0.3) is 0 Å². The first-order valence-corrected chi connectivity index (χ1v) is 5.33. The molecule has 0 saturated carbocycles. The van der Waals surface area contributed by atoms with Crippen LogP contribution in [0.1, 0.15) is 19.8 Å². The molecule has 0 spiro atoms. The molecule has 1 saturated heterocycles. The van der Waals surface area contributed by atoms with Gasteiger partial charge in [0.2, 0.25) is 0 Å². The van der Waals surface area contributed by atoms with Gasteiger partial charge in [0.15, 0.2) is 5.78 Å². The molecule has 0 amide bonds.